The van der Waals surface area contributed by atoms with E-state index in [1.807, 2.05) is 29.2 Å². The molecule has 0 unspecified atom stereocenters. The summed E-state index contributed by atoms with van der Waals surface area (Å²) in [6.45, 7) is 4.86. The molecule has 1 aromatic carbocycles. The van der Waals surface area contributed by atoms with E-state index < -0.39 is 0 Å². The second-order valence-electron chi connectivity index (χ2n) is 4.69. The zero-order chi connectivity index (χ0) is 13.7. The van der Waals surface area contributed by atoms with E-state index in [0.29, 0.717) is 6.54 Å². The summed E-state index contributed by atoms with van der Waals surface area (Å²) in [6, 6.07) is 7.86. The number of nitrogens with one attached hydrogen (secondary N) is 2. The number of hydrogen-bond acceptors (Lipinski definition) is 4. The fourth-order valence-electron chi connectivity index (χ4n) is 2.27. The van der Waals surface area contributed by atoms with Gasteiger partial charge >= 0.3 is 0 Å². The van der Waals surface area contributed by atoms with Gasteiger partial charge in [0.05, 0.1) is 19.3 Å². The lowest BCUT2D eigenvalue weighted by Crippen LogP contribution is -2.53. The maximum Gasteiger partial charge on any atom is 0.242 e. The van der Waals surface area contributed by atoms with Crippen molar-refractivity contribution in [3.05, 3.63) is 24.3 Å². The molecule has 1 aromatic rings. The summed E-state index contributed by atoms with van der Waals surface area (Å²) in [5.74, 6) is 0.878. The van der Waals surface area contributed by atoms with E-state index >= 15 is 0 Å². The number of ether oxygens (including phenoxy) is 1. The number of para-hydroxylation sites is 2. The quantitative estimate of drug-likeness (QED) is 0.848. The average molecular weight is 263 g/mol. The summed E-state index contributed by atoms with van der Waals surface area (Å²) >= 11 is 0. The summed E-state index contributed by atoms with van der Waals surface area (Å²) < 4.78 is 5.25. The maximum absolute atomic E-state index is 12.2. The van der Waals surface area contributed by atoms with Crippen molar-refractivity contribution in [2.45, 2.75) is 13.0 Å². The molecule has 0 aliphatic carbocycles. The fraction of sp³-hybridized carbons (Fsp3) is 0.500. The van der Waals surface area contributed by atoms with Crippen LogP contribution in [0.2, 0.25) is 0 Å². The summed E-state index contributed by atoms with van der Waals surface area (Å²) in [4.78, 5) is 14.1. The molecule has 19 heavy (non-hydrogen) atoms. The molecule has 2 rings (SSSR count). The van der Waals surface area contributed by atoms with Crippen LogP contribution in [0.5, 0.6) is 5.75 Å². The highest BCUT2D eigenvalue weighted by atomic mass is 16.5. The number of hydrogen-bond donors (Lipinski definition) is 2. The monoisotopic (exact) mass is 263 g/mol. The summed E-state index contributed by atoms with van der Waals surface area (Å²) in [7, 11) is 1.63. The highest BCUT2D eigenvalue weighted by molar-refractivity contribution is 5.81. The molecule has 5 heteroatoms. The SMILES string of the molecule is COc1ccccc1NCC(=O)N1CCNC[C@H]1C. The molecule has 0 bridgehead atoms. The van der Waals surface area contributed by atoms with E-state index in [0.717, 1.165) is 31.1 Å². The maximum atomic E-state index is 12.2. The smallest absolute Gasteiger partial charge is 0.242 e. The van der Waals surface area contributed by atoms with Crippen LogP contribution in [0.3, 0.4) is 0 Å². The van der Waals surface area contributed by atoms with E-state index in [1.165, 1.54) is 0 Å². The minimum atomic E-state index is 0.125. The molecule has 0 aromatic heterocycles. The number of rotatable bonds is 4. The topological polar surface area (TPSA) is 53.6 Å². The van der Waals surface area contributed by atoms with Crippen LogP contribution in [-0.2, 0) is 4.79 Å². The number of methoxy groups -OCH3 is 1. The molecule has 104 valence electrons. The Labute approximate surface area is 113 Å². The highest BCUT2D eigenvalue weighted by Gasteiger charge is 2.22. The normalized spacial score (nSPS) is 19.1. The Kier molecular flexibility index (Phi) is 4.63. The van der Waals surface area contributed by atoms with E-state index in [1.54, 1.807) is 7.11 Å². The van der Waals surface area contributed by atoms with Gasteiger partial charge in [0.1, 0.15) is 5.75 Å². The lowest BCUT2D eigenvalue weighted by Gasteiger charge is -2.34. The van der Waals surface area contributed by atoms with Gasteiger partial charge in [-0.25, -0.2) is 0 Å². The Balaban J connectivity index is 1.92. The van der Waals surface area contributed by atoms with Crippen molar-refractivity contribution in [1.29, 1.82) is 0 Å². The van der Waals surface area contributed by atoms with Crippen molar-refractivity contribution in [3.8, 4) is 5.75 Å². The Hall–Kier alpha value is -1.75. The highest BCUT2D eigenvalue weighted by Crippen LogP contribution is 2.22. The Bertz CT molecular complexity index is 436. The molecular formula is C14H21N3O2. The van der Waals surface area contributed by atoms with Crippen molar-refractivity contribution in [2.24, 2.45) is 0 Å². The van der Waals surface area contributed by atoms with Crippen molar-refractivity contribution >= 4 is 11.6 Å². The minimum Gasteiger partial charge on any atom is -0.495 e. The fourth-order valence-corrected chi connectivity index (χ4v) is 2.27. The number of piperazine rings is 1. The van der Waals surface area contributed by atoms with Crippen molar-refractivity contribution in [3.63, 3.8) is 0 Å². The standard InChI is InChI=1S/C14H21N3O2/c1-11-9-15-7-8-17(11)14(18)10-16-12-5-3-4-6-13(12)19-2/h3-6,11,15-16H,7-10H2,1-2H3/t11-/m1/s1. The molecule has 1 aliphatic heterocycles. The molecule has 1 amide bonds. The predicted octanol–water partition coefficient (Wildman–Crippen LogP) is 0.927. The van der Waals surface area contributed by atoms with Crippen LogP contribution in [0, 0.1) is 0 Å². The molecule has 2 N–H and O–H groups in total. The molecule has 0 spiro atoms. The lowest BCUT2D eigenvalue weighted by atomic mass is 10.2. The van der Waals surface area contributed by atoms with Crippen molar-refractivity contribution in [2.75, 3.05) is 38.6 Å². The Morgan fingerprint density at radius 2 is 2.32 bits per heavy atom. The number of carbonyl (C=O) groups excluding carboxylic acids is 1. The van der Waals surface area contributed by atoms with Crippen molar-refractivity contribution in [1.82, 2.24) is 10.2 Å². The van der Waals surface area contributed by atoms with Crippen LogP contribution in [-0.4, -0.2) is 50.1 Å². The lowest BCUT2D eigenvalue weighted by molar-refractivity contribution is -0.132. The van der Waals surface area contributed by atoms with Gasteiger partial charge in [0.15, 0.2) is 0 Å². The third-order valence-electron chi connectivity index (χ3n) is 3.36. The minimum absolute atomic E-state index is 0.125. The van der Waals surface area contributed by atoms with Gasteiger partial charge in [-0.15, -0.1) is 0 Å². The zero-order valence-corrected chi connectivity index (χ0v) is 11.5. The molecule has 0 saturated carbocycles. The van der Waals surface area contributed by atoms with E-state index in [2.05, 4.69) is 17.6 Å². The molecular weight excluding hydrogens is 242 g/mol. The molecule has 1 heterocycles. The van der Waals surface area contributed by atoms with Gasteiger partial charge in [0.25, 0.3) is 0 Å². The molecule has 5 nitrogen and oxygen atoms in total. The van der Waals surface area contributed by atoms with Crippen LogP contribution in [0.4, 0.5) is 5.69 Å². The second-order valence-corrected chi connectivity index (χ2v) is 4.69. The van der Waals surface area contributed by atoms with Gasteiger partial charge < -0.3 is 20.3 Å². The number of carbonyl (C=O) groups is 1. The number of benzene rings is 1. The van der Waals surface area contributed by atoms with Gasteiger partial charge in [-0.05, 0) is 19.1 Å². The average Bonchev–Trinajstić information content (AvgIpc) is 2.45. The van der Waals surface area contributed by atoms with Crippen LogP contribution in [0.15, 0.2) is 24.3 Å². The molecule has 0 radical (unpaired) electrons. The third-order valence-corrected chi connectivity index (χ3v) is 3.36. The third kappa shape index (κ3) is 3.38. The van der Waals surface area contributed by atoms with Crippen molar-refractivity contribution < 1.29 is 9.53 Å². The van der Waals surface area contributed by atoms with Crippen LogP contribution in [0.25, 0.3) is 0 Å². The number of amides is 1. The van der Waals surface area contributed by atoms with E-state index in [-0.39, 0.29) is 11.9 Å². The first-order valence-electron chi connectivity index (χ1n) is 6.59. The van der Waals surface area contributed by atoms with Gasteiger partial charge in [-0.3, -0.25) is 4.79 Å². The molecule has 1 aliphatic rings. The summed E-state index contributed by atoms with van der Waals surface area (Å²) in [5.41, 5.74) is 0.848. The van der Waals surface area contributed by atoms with Crippen LogP contribution >= 0.6 is 0 Å². The number of nitrogens with zero attached hydrogens (tertiary/aromatic N) is 1. The van der Waals surface area contributed by atoms with Gasteiger partial charge in [0.2, 0.25) is 5.91 Å². The first-order valence-corrected chi connectivity index (χ1v) is 6.59. The first kappa shape index (κ1) is 13.7. The summed E-state index contributed by atoms with van der Waals surface area (Å²) in [5, 5.41) is 6.42. The number of anilines is 1. The van der Waals surface area contributed by atoms with Crippen LogP contribution < -0.4 is 15.4 Å². The summed E-state index contributed by atoms with van der Waals surface area (Å²) in [6.07, 6.45) is 0. The molecule has 1 atom stereocenters. The second kappa shape index (κ2) is 6.43. The van der Waals surface area contributed by atoms with Gasteiger partial charge in [-0.2, -0.15) is 0 Å². The first-order chi connectivity index (χ1) is 9.22. The largest absolute Gasteiger partial charge is 0.495 e. The van der Waals surface area contributed by atoms with Crippen LogP contribution in [0.1, 0.15) is 6.92 Å². The molecule has 1 fully saturated rings. The van der Waals surface area contributed by atoms with E-state index in [9.17, 15) is 4.79 Å². The Morgan fingerprint density at radius 1 is 1.53 bits per heavy atom. The zero-order valence-electron chi connectivity index (χ0n) is 11.5. The molecule has 1 saturated heterocycles. The Morgan fingerprint density at radius 3 is 3.05 bits per heavy atom. The van der Waals surface area contributed by atoms with Gasteiger partial charge in [-0.1, -0.05) is 12.1 Å². The van der Waals surface area contributed by atoms with E-state index in [4.69, 9.17) is 4.74 Å². The van der Waals surface area contributed by atoms with Gasteiger partial charge in [0, 0.05) is 25.7 Å². The predicted molar refractivity (Wildman–Crippen MR) is 75.5 cm³/mol.